The summed E-state index contributed by atoms with van der Waals surface area (Å²) in [5, 5.41) is 0.993. The Hall–Kier alpha value is -2.32. The van der Waals surface area contributed by atoms with Crippen molar-refractivity contribution in [3.63, 3.8) is 0 Å². The van der Waals surface area contributed by atoms with Gasteiger partial charge >= 0.3 is 17.8 Å². The number of fused-ring (bicyclic) bond motifs is 1. The van der Waals surface area contributed by atoms with Crippen molar-refractivity contribution in [1.29, 1.82) is 0 Å². The highest BCUT2D eigenvalue weighted by Gasteiger charge is 2.44. The highest BCUT2D eigenvalue weighted by molar-refractivity contribution is 7.18. The molecule has 2 aliphatic heterocycles. The number of likely N-dealkylation sites (N-methyl/N-ethyl adjacent to an activating group) is 1. The van der Waals surface area contributed by atoms with Crippen molar-refractivity contribution in [2.24, 2.45) is 0 Å². The molecule has 7 nitrogen and oxygen atoms in total. The fourth-order valence-electron chi connectivity index (χ4n) is 3.23. The number of aromatic nitrogens is 1. The van der Waals surface area contributed by atoms with Crippen molar-refractivity contribution in [3.8, 4) is 0 Å². The highest BCUT2D eigenvalue weighted by atomic mass is 32.1. The number of likely N-dealkylation sites (tertiary alicyclic amines) is 1. The summed E-state index contributed by atoms with van der Waals surface area (Å²) < 4.78 is 1.13. The molecule has 1 aromatic heterocycles. The molecule has 0 saturated carbocycles. The minimum atomic E-state index is -0.768. The van der Waals surface area contributed by atoms with Gasteiger partial charge in [-0.3, -0.25) is 19.4 Å². The van der Waals surface area contributed by atoms with E-state index in [-0.39, 0.29) is 12.7 Å². The molecule has 3 heterocycles. The van der Waals surface area contributed by atoms with Crippen LogP contribution in [0.5, 0.6) is 0 Å². The van der Waals surface area contributed by atoms with Crippen molar-refractivity contribution in [1.82, 2.24) is 19.7 Å². The molecule has 2 aliphatic rings. The Morgan fingerprint density at radius 3 is 2.71 bits per heavy atom. The number of nitrogens with zero attached hydrogens (tertiary/aromatic N) is 4. The van der Waals surface area contributed by atoms with Crippen molar-refractivity contribution in [2.45, 2.75) is 18.9 Å². The summed E-state index contributed by atoms with van der Waals surface area (Å²) >= 11 is 1.64. The van der Waals surface area contributed by atoms with E-state index in [0.29, 0.717) is 0 Å². The topological polar surface area (TPSA) is 73.8 Å². The van der Waals surface area contributed by atoms with Crippen LogP contribution in [0, 0.1) is 0 Å². The second-order valence-electron chi connectivity index (χ2n) is 6.01. The van der Waals surface area contributed by atoms with E-state index in [1.807, 2.05) is 24.3 Å². The first-order valence-corrected chi connectivity index (χ1v) is 8.61. The average molecular weight is 344 g/mol. The van der Waals surface area contributed by atoms with Gasteiger partial charge in [-0.1, -0.05) is 12.1 Å². The molecule has 0 N–H and O–H groups in total. The molecule has 124 valence electrons. The maximum Gasteiger partial charge on any atom is 0.335 e. The van der Waals surface area contributed by atoms with E-state index in [9.17, 15) is 14.4 Å². The first-order chi connectivity index (χ1) is 11.6. The van der Waals surface area contributed by atoms with Gasteiger partial charge in [0.05, 0.1) is 22.9 Å². The van der Waals surface area contributed by atoms with Crippen molar-refractivity contribution < 1.29 is 14.4 Å². The van der Waals surface area contributed by atoms with Gasteiger partial charge in [-0.25, -0.2) is 14.7 Å². The molecular formula is C16H16N4O3S. The molecule has 1 aromatic carbocycles. The third kappa shape index (κ3) is 2.30. The predicted octanol–water partition coefficient (Wildman–Crippen LogP) is 1.81. The minimum absolute atomic E-state index is 0.0732. The zero-order chi connectivity index (χ0) is 16.8. The highest BCUT2D eigenvalue weighted by Crippen LogP contribution is 2.36. The molecule has 0 spiro atoms. The molecule has 0 aliphatic carbocycles. The molecule has 24 heavy (non-hydrogen) atoms. The van der Waals surface area contributed by atoms with Crippen molar-refractivity contribution in [2.75, 3.05) is 20.3 Å². The second kappa shape index (κ2) is 5.64. The maximum atomic E-state index is 12.1. The number of thiazole rings is 1. The molecule has 0 unspecified atom stereocenters. The van der Waals surface area contributed by atoms with Crippen LogP contribution in [-0.2, 0) is 9.59 Å². The lowest BCUT2D eigenvalue weighted by molar-refractivity contribution is -0.143. The zero-order valence-electron chi connectivity index (χ0n) is 13.1. The van der Waals surface area contributed by atoms with Crippen molar-refractivity contribution in [3.05, 3.63) is 29.3 Å². The fraction of sp³-hybridized carbons (Fsp3) is 0.375. The smallest absolute Gasteiger partial charge is 0.276 e. The monoisotopic (exact) mass is 344 g/mol. The lowest BCUT2D eigenvalue weighted by Crippen LogP contribution is -2.41. The Morgan fingerprint density at radius 1 is 1.21 bits per heavy atom. The van der Waals surface area contributed by atoms with E-state index in [1.54, 1.807) is 11.3 Å². The van der Waals surface area contributed by atoms with E-state index in [1.165, 1.54) is 7.05 Å². The first-order valence-electron chi connectivity index (χ1n) is 7.79. The van der Waals surface area contributed by atoms with Crippen molar-refractivity contribution >= 4 is 39.4 Å². The van der Waals surface area contributed by atoms with Gasteiger partial charge in [0.25, 0.3) is 0 Å². The number of carbonyl (C=O) groups excluding carboxylic acids is 3. The minimum Gasteiger partial charge on any atom is -0.276 e. The summed E-state index contributed by atoms with van der Waals surface area (Å²) in [6.45, 7) is 0.907. The second-order valence-corrected chi connectivity index (χ2v) is 7.07. The number of urea groups is 1. The van der Waals surface area contributed by atoms with Crippen LogP contribution in [-0.4, -0.2) is 57.8 Å². The van der Waals surface area contributed by atoms with Crippen LogP contribution in [0.4, 0.5) is 4.79 Å². The lowest BCUT2D eigenvalue weighted by atomic mass is 10.2. The molecule has 1 atom stereocenters. The van der Waals surface area contributed by atoms with Gasteiger partial charge in [-0.15, -0.1) is 11.3 Å². The van der Waals surface area contributed by atoms with Gasteiger partial charge in [-0.05, 0) is 25.0 Å². The summed E-state index contributed by atoms with van der Waals surface area (Å²) in [6, 6.07) is 7.48. The molecule has 2 fully saturated rings. The third-order valence-electron chi connectivity index (χ3n) is 4.53. The van der Waals surface area contributed by atoms with Crippen LogP contribution >= 0.6 is 11.3 Å². The zero-order valence-corrected chi connectivity index (χ0v) is 14.0. The first kappa shape index (κ1) is 15.2. The molecular weight excluding hydrogens is 328 g/mol. The van der Waals surface area contributed by atoms with Gasteiger partial charge < -0.3 is 0 Å². The number of rotatable bonds is 3. The largest absolute Gasteiger partial charge is 0.335 e. The Balaban J connectivity index is 1.58. The summed E-state index contributed by atoms with van der Waals surface area (Å²) in [5.74, 6) is -1.52. The van der Waals surface area contributed by atoms with Gasteiger partial charge in [0.1, 0.15) is 5.01 Å². The van der Waals surface area contributed by atoms with Gasteiger partial charge in [0.2, 0.25) is 0 Å². The molecule has 0 bridgehead atoms. The molecule has 8 heteroatoms. The number of amides is 4. The summed E-state index contributed by atoms with van der Waals surface area (Å²) in [4.78, 5) is 44.3. The molecule has 4 rings (SSSR count). The maximum absolute atomic E-state index is 12.1. The number of hydrogen-bond donors (Lipinski definition) is 0. The standard InChI is InChI=1S/C16H16N4O3S/c1-18-14(21)15(22)20(16(18)23)9-19-8-4-6-11(19)13-17-10-5-2-3-7-12(10)24-13/h2-3,5,7,11H,4,6,8-9H2,1H3/t11-/m1/s1. The molecule has 2 saturated heterocycles. The number of hydrogen-bond acceptors (Lipinski definition) is 6. The Morgan fingerprint density at radius 2 is 2.00 bits per heavy atom. The Bertz CT molecular complexity index is 816. The predicted molar refractivity (Wildman–Crippen MR) is 88.2 cm³/mol. The van der Waals surface area contributed by atoms with E-state index in [2.05, 4.69) is 4.90 Å². The van der Waals surface area contributed by atoms with E-state index >= 15 is 0 Å². The van der Waals surface area contributed by atoms with Gasteiger partial charge in [0.15, 0.2) is 0 Å². The van der Waals surface area contributed by atoms with E-state index in [0.717, 1.165) is 44.4 Å². The Kier molecular flexibility index (Phi) is 3.58. The SMILES string of the molecule is CN1C(=O)C(=O)N(CN2CCC[C@@H]2c2nc3ccccc3s2)C1=O. The number of para-hydroxylation sites is 1. The molecule has 4 amide bonds. The summed E-state index contributed by atoms with van der Waals surface area (Å²) in [7, 11) is 1.33. The van der Waals surface area contributed by atoms with Crippen LogP contribution in [0.15, 0.2) is 24.3 Å². The number of benzene rings is 1. The number of carbonyl (C=O) groups is 3. The summed E-state index contributed by atoms with van der Waals surface area (Å²) in [6.07, 6.45) is 1.90. The van der Waals surface area contributed by atoms with Crippen LogP contribution in [0.25, 0.3) is 10.2 Å². The van der Waals surface area contributed by atoms with Crippen LogP contribution in [0.1, 0.15) is 23.9 Å². The van der Waals surface area contributed by atoms with Gasteiger partial charge in [0, 0.05) is 13.6 Å². The van der Waals surface area contributed by atoms with Crippen LogP contribution < -0.4 is 0 Å². The number of imide groups is 2. The third-order valence-corrected chi connectivity index (χ3v) is 5.67. The van der Waals surface area contributed by atoms with Crippen LogP contribution in [0.2, 0.25) is 0 Å². The quantitative estimate of drug-likeness (QED) is 0.627. The Labute approximate surface area is 142 Å². The van der Waals surface area contributed by atoms with E-state index < -0.39 is 17.8 Å². The molecule has 0 radical (unpaired) electrons. The van der Waals surface area contributed by atoms with E-state index in [4.69, 9.17) is 4.98 Å². The summed E-state index contributed by atoms with van der Waals surface area (Å²) in [5.41, 5.74) is 0.965. The average Bonchev–Trinajstić information content (AvgIpc) is 3.26. The molecule has 2 aromatic rings. The van der Waals surface area contributed by atoms with Gasteiger partial charge in [-0.2, -0.15) is 0 Å². The lowest BCUT2D eigenvalue weighted by Gasteiger charge is -2.26. The van der Waals surface area contributed by atoms with Crippen LogP contribution in [0.3, 0.4) is 0 Å². The fourth-order valence-corrected chi connectivity index (χ4v) is 4.36. The normalized spacial score (nSPS) is 22.4.